The Labute approximate surface area is 220 Å². The van der Waals surface area contributed by atoms with Gasteiger partial charge in [-0.25, -0.2) is 19.2 Å². The van der Waals surface area contributed by atoms with Crippen molar-refractivity contribution in [3.05, 3.63) is 89.1 Å². The topological polar surface area (TPSA) is 120 Å². The second-order valence-corrected chi connectivity index (χ2v) is 8.33. The van der Waals surface area contributed by atoms with E-state index in [0.29, 0.717) is 23.9 Å². The lowest BCUT2D eigenvalue weighted by molar-refractivity contribution is -0.137. The van der Waals surface area contributed by atoms with Crippen molar-refractivity contribution in [2.45, 2.75) is 12.7 Å². The maximum absolute atomic E-state index is 14.8. The van der Waals surface area contributed by atoms with Gasteiger partial charge in [-0.1, -0.05) is 30.3 Å². The highest BCUT2D eigenvalue weighted by molar-refractivity contribution is 6.11. The van der Waals surface area contributed by atoms with Gasteiger partial charge in [0.15, 0.2) is 5.82 Å². The largest absolute Gasteiger partial charge is 0.448 e. The summed E-state index contributed by atoms with van der Waals surface area (Å²) in [5.41, 5.74) is -2.24. The van der Waals surface area contributed by atoms with Crippen LogP contribution in [0.2, 0.25) is 0 Å². The number of alkyl halides is 3. The third kappa shape index (κ3) is 6.20. The molecule has 2 amide bonds. The van der Waals surface area contributed by atoms with E-state index in [-0.39, 0.29) is 30.7 Å². The van der Waals surface area contributed by atoms with Crippen LogP contribution in [0.3, 0.4) is 0 Å². The van der Waals surface area contributed by atoms with Crippen LogP contribution in [0, 0.1) is 11.2 Å². The Morgan fingerprint density at radius 1 is 1.21 bits per heavy atom. The zero-order valence-electron chi connectivity index (χ0n) is 20.5. The van der Waals surface area contributed by atoms with Crippen molar-refractivity contribution in [1.82, 2.24) is 20.2 Å². The van der Waals surface area contributed by atoms with Gasteiger partial charge in [-0.2, -0.15) is 13.2 Å². The van der Waals surface area contributed by atoms with E-state index in [2.05, 4.69) is 20.6 Å². The number of allylic oxidation sites excluding steroid dienone is 1. The smallest absolute Gasteiger partial charge is 0.417 e. The second-order valence-electron chi connectivity index (χ2n) is 8.33. The fraction of sp³-hybridized carbons (Fsp3) is 0.192. The van der Waals surface area contributed by atoms with Crippen molar-refractivity contribution >= 4 is 23.5 Å². The van der Waals surface area contributed by atoms with Crippen LogP contribution in [-0.2, 0) is 17.5 Å². The summed E-state index contributed by atoms with van der Waals surface area (Å²) < 4.78 is 60.5. The van der Waals surface area contributed by atoms with Crippen molar-refractivity contribution in [3.63, 3.8) is 0 Å². The van der Waals surface area contributed by atoms with Crippen LogP contribution in [0.25, 0.3) is 11.3 Å². The van der Waals surface area contributed by atoms with Gasteiger partial charge >= 0.3 is 12.3 Å². The van der Waals surface area contributed by atoms with Gasteiger partial charge in [0.25, 0.3) is 5.91 Å². The summed E-state index contributed by atoms with van der Waals surface area (Å²) in [6.45, 7) is 0.710. The summed E-state index contributed by atoms with van der Waals surface area (Å²) >= 11 is 0. The van der Waals surface area contributed by atoms with E-state index >= 15 is 0 Å². The number of carbonyl (C=O) groups is 2. The number of cyclic esters (lactones) is 1. The van der Waals surface area contributed by atoms with Crippen molar-refractivity contribution in [2.24, 2.45) is 0 Å². The lowest BCUT2D eigenvalue weighted by Crippen LogP contribution is -2.24. The average Bonchev–Trinajstić information content (AvgIpc) is 3.31. The number of benzene rings is 2. The van der Waals surface area contributed by atoms with Gasteiger partial charge in [0.05, 0.1) is 41.8 Å². The first kappa shape index (κ1) is 27.2. The van der Waals surface area contributed by atoms with Crippen molar-refractivity contribution in [2.75, 3.05) is 25.5 Å². The highest BCUT2D eigenvalue weighted by Gasteiger charge is 2.36. The van der Waals surface area contributed by atoms with E-state index < -0.39 is 46.4 Å². The quantitative estimate of drug-likeness (QED) is 0.283. The molecule has 1 aromatic heterocycles. The number of amides is 2. The minimum absolute atomic E-state index is 0.0787. The molecule has 0 aliphatic carbocycles. The summed E-state index contributed by atoms with van der Waals surface area (Å²) in [7, 11) is 1.49. The fourth-order valence-electron chi connectivity index (χ4n) is 3.79. The molecule has 1 aliphatic rings. The molecular formula is C26H22F4N6O3. The molecule has 9 nitrogen and oxygen atoms in total. The number of nitrogens with one attached hydrogen (secondary N) is 3. The molecule has 4 rings (SSSR count). The minimum atomic E-state index is -4.96. The highest BCUT2D eigenvalue weighted by Crippen LogP contribution is 2.34. The van der Waals surface area contributed by atoms with Gasteiger partial charge < -0.3 is 20.8 Å². The number of carbonyl (C=O) groups excluding carboxylic acids is 2. The van der Waals surface area contributed by atoms with Crippen molar-refractivity contribution < 1.29 is 31.9 Å². The molecule has 13 heteroatoms. The minimum Gasteiger partial charge on any atom is -0.448 e. The number of aromatic nitrogens is 2. The number of hydrogen-bond donors (Lipinski definition) is 3. The van der Waals surface area contributed by atoms with E-state index in [1.165, 1.54) is 24.3 Å². The fourth-order valence-corrected chi connectivity index (χ4v) is 3.79. The highest BCUT2D eigenvalue weighted by atomic mass is 19.4. The molecule has 2 aromatic carbocycles. The summed E-state index contributed by atoms with van der Waals surface area (Å²) in [6, 6.07) is 9.46. The molecule has 0 bridgehead atoms. The number of halogens is 4. The summed E-state index contributed by atoms with van der Waals surface area (Å²) in [6.07, 6.45) is -1.86. The first-order chi connectivity index (χ1) is 18.6. The molecule has 3 N–H and O–H groups in total. The van der Waals surface area contributed by atoms with Crippen molar-refractivity contribution in [1.29, 1.82) is 5.41 Å². The molecule has 202 valence electrons. The first-order valence-electron chi connectivity index (χ1n) is 11.6. The molecule has 0 radical (unpaired) electrons. The van der Waals surface area contributed by atoms with E-state index in [1.807, 2.05) is 0 Å². The third-order valence-electron chi connectivity index (χ3n) is 5.66. The summed E-state index contributed by atoms with van der Waals surface area (Å²) in [5.74, 6) is -2.59. The standard InChI is InChI=1S/C26H22F4N6O3/c1-32-8-7-21(31)17-11-18(20(27)12-19(17)26(28,29)30)24(37)35-23-22(15-5-3-2-4-6-15)34-16(13-33-23)14-36-9-10-39-25(36)38/h2-8,11-13,31-32H,9-10,14H2,1H3,(H,33,35,37)/b8-7-,31-21?. The van der Waals surface area contributed by atoms with E-state index in [4.69, 9.17) is 10.1 Å². The normalized spacial score (nSPS) is 13.5. The maximum Gasteiger partial charge on any atom is 0.417 e. The van der Waals surface area contributed by atoms with Gasteiger partial charge in [-0.05, 0) is 24.4 Å². The molecule has 39 heavy (non-hydrogen) atoms. The van der Waals surface area contributed by atoms with E-state index in [9.17, 15) is 27.2 Å². The lowest BCUT2D eigenvalue weighted by Gasteiger charge is -2.16. The van der Waals surface area contributed by atoms with Crippen LogP contribution in [0.5, 0.6) is 0 Å². The Morgan fingerprint density at radius 3 is 2.59 bits per heavy atom. The maximum atomic E-state index is 14.8. The van der Waals surface area contributed by atoms with Crippen LogP contribution in [0.15, 0.2) is 60.9 Å². The third-order valence-corrected chi connectivity index (χ3v) is 5.66. The SMILES string of the molecule is CN/C=C\C(=N)c1cc(C(=O)Nc2ncc(CN3CCOC3=O)nc2-c2ccccc2)c(F)cc1C(F)(F)F. The van der Waals surface area contributed by atoms with Gasteiger partial charge in [-0.3, -0.25) is 9.69 Å². The number of anilines is 1. The number of hydrogen-bond acceptors (Lipinski definition) is 7. The summed E-state index contributed by atoms with van der Waals surface area (Å²) in [4.78, 5) is 35.1. The molecule has 0 unspecified atom stereocenters. The molecular weight excluding hydrogens is 520 g/mol. The lowest BCUT2D eigenvalue weighted by atomic mass is 9.98. The molecule has 1 aliphatic heterocycles. The van der Waals surface area contributed by atoms with Crippen LogP contribution < -0.4 is 10.6 Å². The Kier molecular flexibility index (Phi) is 7.88. The van der Waals surface area contributed by atoms with Gasteiger partial charge in [-0.15, -0.1) is 0 Å². The Hall–Kier alpha value is -4.81. The predicted molar refractivity (Wildman–Crippen MR) is 134 cm³/mol. The monoisotopic (exact) mass is 542 g/mol. The van der Waals surface area contributed by atoms with Gasteiger partial charge in [0, 0.05) is 18.2 Å². The van der Waals surface area contributed by atoms with Gasteiger partial charge in [0.2, 0.25) is 0 Å². The summed E-state index contributed by atoms with van der Waals surface area (Å²) in [5, 5.41) is 13.0. The zero-order chi connectivity index (χ0) is 28.2. The Morgan fingerprint density at radius 2 is 1.95 bits per heavy atom. The Balaban J connectivity index is 1.71. The predicted octanol–water partition coefficient (Wildman–Crippen LogP) is 4.61. The number of ether oxygens (including phenoxy) is 1. The average molecular weight is 542 g/mol. The zero-order valence-corrected chi connectivity index (χ0v) is 20.5. The van der Waals surface area contributed by atoms with Gasteiger partial charge in [0.1, 0.15) is 18.1 Å². The molecule has 3 aromatic rings. The molecule has 0 atom stereocenters. The van der Waals surface area contributed by atoms with E-state index in [0.717, 1.165) is 6.08 Å². The second kappa shape index (κ2) is 11.3. The molecule has 1 fully saturated rings. The Bertz CT molecular complexity index is 1440. The molecule has 1 saturated heterocycles. The number of nitrogens with zero attached hydrogens (tertiary/aromatic N) is 3. The van der Waals surface area contributed by atoms with Crippen molar-refractivity contribution in [3.8, 4) is 11.3 Å². The van der Waals surface area contributed by atoms with Crippen LogP contribution >= 0.6 is 0 Å². The van der Waals surface area contributed by atoms with Crippen LogP contribution in [-0.4, -0.2) is 52.8 Å². The van der Waals surface area contributed by atoms with Crippen LogP contribution in [0.4, 0.5) is 28.2 Å². The first-order valence-corrected chi connectivity index (χ1v) is 11.6. The molecule has 0 saturated carbocycles. The molecule has 0 spiro atoms. The molecule has 2 heterocycles. The van der Waals surface area contributed by atoms with E-state index in [1.54, 1.807) is 30.3 Å². The number of rotatable bonds is 8. The van der Waals surface area contributed by atoms with Crippen LogP contribution in [0.1, 0.15) is 27.2 Å².